The number of hydrogen-bond donors (Lipinski definition) is 2. The molecule has 0 aromatic heterocycles. The number of ether oxygens (including phenoxy) is 1. The number of aliphatic hydroxyl groups excluding tert-OH is 1. The van der Waals surface area contributed by atoms with Crippen molar-refractivity contribution in [3.8, 4) is 5.75 Å². The van der Waals surface area contributed by atoms with Crippen molar-refractivity contribution in [3.05, 3.63) is 95.8 Å². The van der Waals surface area contributed by atoms with Gasteiger partial charge in [-0.15, -0.1) is 0 Å². The molecule has 2 N–H and O–H groups in total. The molecule has 178 valence electrons. The molecule has 34 heavy (non-hydrogen) atoms. The summed E-state index contributed by atoms with van der Waals surface area (Å²) in [5.41, 5.74) is 2.24. The summed E-state index contributed by atoms with van der Waals surface area (Å²) < 4.78 is 18.9. The number of halogens is 1. The lowest BCUT2D eigenvalue weighted by Gasteiger charge is -2.33. The van der Waals surface area contributed by atoms with Gasteiger partial charge in [-0.3, -0.25) is 4.79 Å². The summed E-state index contributed by atoms with van der Waals surface area (Å²) in [6, 6.07) is 23.1. The maximum Gasteiger partial charge on any atom is 0.259 e. The van der Waals surface area contributed by atoms with Crippen molar-refractivity contribution in [2.45, 2.75) is 25.4 Å². The van der Waals surface area contributed by atoms with Crippen molar-refractivity contribution in [1.29, 1.82) is 0 Å². The molecule has 3 aromatic rings. The van der Waals surface area contributed by atoms with Gasteiger partial charge in [0.1, 0.15) is 24.3 Å². The van der Waals surface area contributed by atoms with E-state index in [1.807, 2.05) is 6.07 Å². The van der Waals surface area contributed by atoms with Gasteiger partial charge in [-0.1, -0.05) is 42.5 Å². The fourth-order valence-electron chi connectivity index (χ4n) is 4.37. The fraction of sp³-hybridized carbons (Fsp3) is 0.321. The lowest BCUT2D eigenvalue weighted by atomic mass is 9.90. The molecular weight excluding hydrogens is 431 g/mol. The zero-order valence-corrected chi connectivity index (χ0v) is 19.2. The minimum Gasteiger partial charge on any atom is -0.490 e. The quantitative estimate of drug-likeness (QED) is 0.481. The van der Waals surface area contributed by atoms with Gasteiger partial charge in [0.05, 0.1) is 5.56 Å². The number of β-amino-alcohol motifs (C(OH)–C–C–N with tert-alkyl or cyclic N) is 1. The van der Waals surface area contributed by atoms with Gasteiger partial charge in [-0.2, -0.15) is 0 Å². The monoisotopic (exact) mass is 462 g/mol. The van der Waals surface area contributed by atoms with Crippen LogP contribution in [0.4, 0.5) is 10.1 Å². The highest BCUT2D eigenvalue weighted by molar-refractivity contribution is 6.06. The first-order valence-electron chi connectivity index (χ1n) is 11.8. The number of amides is 1. The number of anilines is 1. The molecular formula is C28H31FN2O3. The fourth-order valence-corrected chi connectivity index (χ4v) is 4.37. The minimum absolute atomic E-state index is 0.102. The van der Waals surface area contributed by atoms with E-state index in [1.54, 1.807) is 24.3 Å². The van der Waals surface area contributed by atoms with Crippen LogP contribution in [-0.2, 0) is 6.42 Å². The summed E-state index contributed by atoms with van der Waals surface area (Å²) in [7, 11) is 0. The van der Waals surface area contributed by atoms with E-state index in [-0.39, 0.29) is 18.3 Å². The Morgan fingerprint density at radius 3 is 2.41 bits per heavy atom. The molecule has 5 nitrogen and oxygen atoms in total. The van der Waals surface area contributed by atoms with Crippen LogP contribution in [0.25, 0.3) is 0 Å². The first-order valence-corrected chi connectivity index (χ1v) is 11.8. The predicted octanol–water partition coefficient (Wildman–Crippen LogP) is 4.77. The smallest absolute Gasteiger partial charge is 0.259 e. The maximum atomic E-state index is 13.1. The molecule has 4 rings (SSSR count). The van der Waals surface area contributed by atoms with Crippen LogP contribution in [-0.4, -0.2) is 48.3 Å². The Morgan fingerprint density at radius 1 is 1.00 bits per heavy atom. The summed E-state index contributed by atoms with van der Waals surface area (Å²) in [5.74, 6) is 0.370. The standard InChI is InChI=1S/C28H31FN2O3/c29-23-10-12-24(13-11-23)30-28(33)26-8-4-5-9-27(26)34-20-25(32)19-31-16-14-22(15-17-31)18-21-6-2-1-3-7-21/h1-13,22,25,32H,14-20H2,(H,30,33). The Morgan fingerprint density at radius 2 is 1.68 bits per heavy atom. The van der Waals surface area contributed by atoms with Gasteiger partial charge in [0, 0.05) is 12.2 Å². The Hall–Kier alpha value is -3.22. The summed E-state index contributed by atoms with van der Waals surface area (Å²) in [6.07, 6.45) is 2.69. The lowest BCUT2D eigenvalue weighted by Crippen LogP contribution is -2.41. The summed E-state index contributed by atoms with van der Waals surface area (Å²) >= 11 is 0. The van der Waals surface area contributed by atoms with Crippen LogP contribution >= 0.6 is 0 Å². The lowest BCUT2D eigenvalue weighted by molar-refractivity contribution is 0.0546. The van der Waals surface area contributed by atoms with E-state index in [0.717, 1.165) is 32.4 Å². The average Bonchev–Trinajstić information content (AvgIpc) is 2.86. The third-order valence-corrected chi connectivity index (χ3v) is 6.21. The third-order valence-electron chi connectivity index (χ3n) is 6.21. The molecule has 0 aliphatic carbocycles. The van der Waals surface area contributed by atoms with Crippen LogP contribution in [0, 0.1) is 11.7 Å². The predicted molar refractivity (Wildman–Crippen MR) is 132 cm³/mol. The number of rotatable bonds is 9. The van der Waals surface area contributed by atoms with Crippen molar-refractivity contribution >= 4 is 11.6 Å². The van der Waals surface area contributed by atoms with E-state index in [2.05, 4.69) is 34.5 Å². The number of para-hydroxylation sites is 1. The van der Waals surface area contributed by atoms with Gasteiger partial charge < -0.3 is 20.1 Å². The number of carbonyl (C=O) groups is 1. The van der Waals surface area contributed by atoms with Crippen molar-refractivity contribution in [2.24, 2.45) is 5.92 Å². The van der Waals surface area contributed by atoms with Crippen molar-refractivity contribution in [1.82, 2.24) is 4.90 Å². The van der Waals surface area contributed by atoms with Crippen molar-refractivity contribution in [3.63, 3.8) is 0 Å². The van der Waals surface area contributed by atoms with Crippen molar-refractivity contribution in [2.75, 3.05) is 31.6 Å². The normalized spacial score (nSPS) is 15.6. The minimum atomic E-state index is -0.654. The molecule has 1 aliphatic rings. The molecule has 3 aromatic carbocycles. The number of likely N-dealkylation sites (tertiary alicyclic amines) is 1. The summed E-state index contributed by atoms with van der Waals surface area (Å²) in [5, 5.41) is 13.3. The number of piperidine rings is 1. The van der Waals surface area contributed by atoms with Crippen LogP contribution in [0.3, 0.4) is 0 Å². The molecule has 1 aliphatic heterocycles. The Bertz CT molecular complexity index is 1050. The van der Waals surface area contributed by atoms with E-state index in [0.29, 0.717) is 29.5 Å². The SMILES string of the molecule is O=C(Nc1ccc(F)cc1)c1ccccc1OCC(O)CN1CCC(Cc2ccccc2)CC1. The van der Waals surface area contributed by atoms with Crippen LogP contribution in [0.1, 0.15) is 28.8 Å². The zero-order chi connectivity index (χ0) is 23.8. The number of nitrogens with one attached hydrogen (secondary N) is 1. The Balaban J connectivity index is 1.24. The van der Waals surface area contributed by atoms with E-state index in [1.165, 1.54) is 29.8 Å². The molecule has 1 fully saturated rings. The van der Waals surface area contributed by atoms with Crippen LogP contribution in [0.2, 0.25) is 0 Å². The Labute approximate surface area is 200 Å². The Kier molecular flexibility index (Phi) is 8.28. The molecule has 0 bridgehead atoms. The number of hydrogen-bond acceptors (Lipinski definition) is 4. The second-order valence-corrected chi connectivity index (χ2v) is 8.86. The molecule has 1 atom stereocenters. The molecule has 0 radical (unpaired) electrons. The molecule has 1 saturated heterocycles. The highest BCUT2D eigenvalue weighted by Gasteiger charge is 2.22. The van der Waals surface area contributed by atoms with Gasteiger partial charge in [-0.25, -0.2) is 4.39 Å². The van der Waals surface area contributed by atoms with Gasteiger partial charge in [0.15, 0.2) is 0 Å². The second kappa shape index (κ2) is 11.8. The van der Waals surface area contributed by atoms with E-state index >= 15 is 0 Å². The second-order valence-electron chi connectivity index (χ2n) is 8.86. The van der Waals surface area contributed by atoms with Gasteiger partial charge in [0.25, 0.3) is 5.91 Å². The molecule has 1 heterocycles. The summed E-state index contributed by atoms with van der Waals surface area (Å²) in [6.45, 7) is 2.57. The maximum absolute atomic E-state index is 13.1. The number of carbonyl (C=O) groups excluding carboxylic acids is 1. The number of nitrogens with zero attached hydrogens (tertiary/aromatic N) is 1. The first kappa shape index (κ1) is 23.9. The van der Waals surface area contributed by atoms with Gasteiger partial charge >= 0.3 is 0 Å². The largest absolute Gasteiger partial charge is 0.490 e. The molecule has 0 saturated carbocycles. The van der Waals surface area contributed by atoms with Gasteiger partial charge in [-0.05, 0) is 80.2 Å². The first-order chi connectivity index (χ1) is 16.6. The molecule has 6 heteroatoms. The highest BCUT2D eigenvalue weighted by atomic mass is 19.1. The van der Waals surface area contributed by atoms with Crippen LogP contribution < -0.4 is 10.1 Å². The highest BCUT2D eigenvalue weighted by Crippen LogP contribution is 2.23. The number of aliphatic hydroxyl groups is 1. The van der Waals surface area contributed by atoms with Crippen LogP contribution in [0.5, 0.6) is 5.75 Å². The van der Waals surface area contributed by atoms with Crippen LogP contribution in [0.15, 0.2) is 78.9 Å². The van der Waals surface area contributed by atoms with E-state index < -0.39 is 6.10 Å². The average molecular weight is 463 g/mol. The third kappa shape index (κ3) is 6.89. The number of benzene rings is 3. The zero-order valence-electron chi connectivity index (χ0n) is 19.2. The van der Waals surface area contributed by atoms with E-state index in [4.69, 9.17) is 4.74 Å². The van der Waals surface area contributed by atoms with Crippen molar-refractivity contribution < 1.29 is 19.0 Å². The van der Waals surface area contributed by atoms with Gasteiger partial charge in [0.2, 0.25) is 0 Å². The summed E-state index contributed by atoms with van der Waals surface area (Å²) in [4.78, 5) is 15.0. The topological polar surface area (TPSA) is 61.8 Å². The molecule has 1 amide bonds. The molecule has 0 spiro atoms. The molecule has 1 unspecified atom stereocenters. The van der Waals surface area contributed by atoms with E-state index in [9.17, 15) is 14.3 Å².